The topological polar surface area (TPSA) is 95.6 Å². The first-order chi connectivity index (χ1) is 16.5. The van der Waals surface area contributed by atoms with Gasteiger partial charge in [-0.25, -0.2) is 17.2 Å². The Morgan fingerprint density at radius 2 is 1.51 bits per heavy atom. The molecule has 3 aromatic carbocycles. The number of amides is 2. The van der Waals surface area contributed by atoms with Gasteiger partial charge < -0.3 is 10.6 Å². The van der Waals surface area contributed by atoms with E-state index in [4.69, 9.17) is 0 Å². The molecule has 0 fully saturated rings. The molecule has 35 heavy (non-hydrogen) atoms. The third-order valence-electron chi connectivity index (χ3n) is 5.32. The number of sulfonamides is 1. The number of carbonyl (C=O) groups excluding carboxylic acids is 2. The molecule has 0 spiro atoms. The highest BCUT2D eigenvalue weighted by atomic mass is 32.2. The van der Waals surface area contributed by atoms with Crippen LogP contribution in [0.3, 0.4) is 0 Å². The summed E-state index contributed by atoms with van der Waals surface area (Å²) in [6.07, 6.45) is 0.852. The Labute approximate surface area is 202 Å². The van der Waals surface area contributed by atoms with Crippen LogP contribution < -0.4 is 14.9 Å². The molecule has 0 aliphatic rings. The number of halogens is 2. The number of carbonyl (C=O) groups is 2. The van der Waals surface area contributed by atoms with Crippen LogP contribution in [-0.4, -0.2) is 32.5 Å². The van der Waals surface area contributed by atoms with Crippen LogP contribution in [-0.2, 0) is 14.8 Å². The molecular formula is C25H25F2N3O4S. The van der Waals surface area contributed by atoms with Gasteiger partial charge in [-0.2, -0.15) is 0 Å². The van der Waals surface area contributed by atoms with Crippen molar-refractivity contribution < 1.29 is 26.8 Å². The van der Waals surface area contributed by atoms with Gasteiger partial charge in [-0.15, -0.1) is 0 Å². The van der Waals surface area contributed by atoms with Crippen LogP contribution in [0.25, 0.3) is 0 Å². The molecule has 10 heteroatoms. The first kappa shape index (κ1) is 25.8. The summed E-state index contributed by atoms with van der Waals surface area (Å²) in [7, 11) is -4.05. The monoisotopic (exact) mass is 501 g/mol. The number of benzene rings is 3. The molecule has 3 rings (SSSR count). The largest absolute Gasteiger partial charge is 0.345 e. The molecule has 3 aromatic rings. The first-order valence-corrected chi connectivity index (χ1v) is 12.5. The smallest absolute Gasteiger partial charge is 0.253 e. The Bertz CT molecular complexity index is 1330. The third kappa shape index (κ3) is 6.21. The minimum atomic E-state index is -4.05. The number of para-hydroxylation sites is 1. The molecule has 0 bridgehead atoms. The number of anilines is 2. The number of hydrogen-bond acceptors (Lipinski definition) is 4. The second kappa shape index (κ2) is 10.6. The van der Waals surface area contributed by atoms with E-state index in [-0.39, 0.29) is 23.0 Å². The van der Waals surface area contributed by atoms with Crippen LogP contribution in [0.1, 0.15) is 35.8 Å². The number of rotatable bonds is 8. The molecule has 0 radical (unpaired) electrons. The summed E-state index contributed by atoms with van der Waals surface area (Å²) in [5, 5.41) is 5.44. The van der Waals surface area contributed by atoms with Crippen LogP contribution >= 0.6 is 0 Å². The van der Waals surface area contributed by atoms with Crippen molar-refractivity contribution in [3.63, 3.8) is 0 Å². The van der Waals surface area contributed by atoms with Crippen molar-refractivity contribution in [2.24, 2.45) is 0 Å². The molecule has 0 aliphatic heterocycles. The van der Waals surface area contributed by atoms with E-state index in [1.807, 2.05) is 37.3 Å². The van der Waals surface area contributed by atoms with E-state index < -0.39 is 39.5 Å². The Hall–Kier alpha value is -3.79. The van der Waals surface area contributed by atoms with Crippen molar-refractivity contribution in [2.75, 3.05) is 15.9 Å². The van der Waals surface area contributed by atoms with Gasteiger partial charge in [-0.3, -0.25) is 13.9 Å². The van der Waals surface area contributed by atoms with E-state index >= 15 is 0 Å². The van der Waals surface area contributed by atoms with Gasteiger partial charge in [-0.1, -0.05) is 42.5 Å². The van der Waals surface area contributed by atoms with Gasteiger partial charge in [0.05, 0.1) is 29.2 Å². The van der Waals surface area contributed by atoms with Gasteiger partial charge in [0.25, 0.3) is 5.91 Å². The summed E-state index contributed by atoms with van der Waals surface area (Å²) in [4.78, 5) is 26.0. The number of nitrogens with zero attached hydrogens (tertiary/aromatic N) is 1. The Balaban J connectivity index is 1.83. The summed E-state index contributed by atoms with van der Waals surface area (Å²) in [6.45, 7) is 3.13. The average Bonchev–Trinajstić information content (AvgIpc) is 2.81. The van der Waals surface area contributed by atoms with Gasteiger partial charge in [0.1, 0.15) is 6.04 Å². The Morgan fingerprint density at radius 1 is 0.886 bits per heavy atom. The SMILES string of the molecule is C[C@H](C(=O)Nc1ccccc1C(=O)N[C@H](C)c1ccccc1)N(c1ccc(F)c(F)c1)S(C)(=O)=O. The molecule has 0 aliphatic carbocycles. The molecular weight excluding hydrogens is 476 g/mol. The van der Waals surface area contributed by atoms with Gasteiger partial charge in [0.2, 0.25) is 15.9 Å². The van der Waals surface area contributed by atoms with Crippen LogP contribution in [0.2, 0.25) is 0 Å². The van der Waals surface area contributed by atoms with Crippen molar-refractivity contribution in [1.29, 1.82) is 0 Å². The average molecular weight is 502 g/mol. The fourth-order valence-corrected chi connectivity index (χ4v) is 4.72. The van der Waals surface area contributed by atoms with Gasteiger partial charge >= 0.3 is 0 Å². The summed E-state index contributed by atoms with van der Waals surface area (Å²) >= 11 is 0. The highest BCUT2D eigenvalue weighted by Crippen LogP contribution is 2.25. The summed E-state index contributed by atoms with van der Waals surface area (Å²) in [5.74, 6) is -3.61. The Kier molecular flexibility index (Phi) is 7.85. The lowest BCUT2D eigenvalue weighted by Crippen LogP contribution is -2.45. The fraction of sp³-hybridized carbons (Fsp3) is 0.200. The lowest BCUT2D eigenvalue weighted by Gasteiger charge is -2.28. The third-order valence-corrected chi connectivity index (χ3v) is 6.56. The molecule has 2 amide bonds. The zero-order chi connectivity index (χ0) is 25.8. The zero-order valence-electron chi connectivity index (χ0n) is 19.3. The van der Waals surface area contributed by atoms with Crippen molar-refractivity contribution in [2.45, 2.75) is 25.9 Å². The van der Waals surface area contributed by atoms with E-state index in [9.17, 15) is 26.8 Å². The molecule has 0 unspecified atom stereocenters. The number of nitrogens with one attached hydrogen (secondary N) is 2. The van der Waals surface area contributed by atoms with Crippen molar-refractivity contribution >= 4 is 33.2 Å². The van der Waals surface area contributed by atoms with E-state index in [0.29, 0.717) is 10.4 Å². The second-order valence-corrected chi connectivity index (χ2v) is 9.83. The van der Waals surface area contributed by atoms with Gasteiger partial charge in [0, 0.05) is 6.07 Å². The molecule has 184 valence electrons. The predicted octanol–water partition coefficient (Wildman–Crippen LogP) is 4.25. The highest BCUT2D eigenvalue weighted by molar-refractivity contribution is 7.92. The molecule has 7 nitrogen and oxygen atoms in total. The summed E-state index contributed by atoms with van der Waals surface area (Å²) in [5.41, 5.74) is 1.03. The van der Waals surface area contributed by atoms with Gasteiger partial charge in [-0.05, 0) is 43.7 Å². The van der Waals surface area contributed by atoms with Crippen LogP contribution in [0.5, 0.6) is 0 Å². The summed E-state index contributed by atoms with van der Waals surface area (Å²) < 4.78 is 52.7. The maximum atomic E-state index is 13.8. The Morgan fingerprint density at radius 3 is 2.14 bits per heavy atom. The van der Waals surface area contributed by atoms with E-state index in [0.717, 1.165) is 24.0 Å². The van der Waals surface area contributed by atoms with Gasteiger partial charge in [0.15, 0.2) is 11.6 Å². The first-order valence-electron chi connectivity index (χ1n) is 10.7. The maximum Gasteiger partial charge on any atom is 0.253 e. The van der Waals surface area contributed by atoms with Crippen LogP contribution in [0.15, 0.2) is 72.8 Å². The van der Waals surface area contributed by atoms with Crippen LogP contribution in [0, 0.1) is 11.6 Å². The van der Waals surface area contributed by atoms with Crippen molar-refractivity contribution in [3.8, 4) is 0 Å². The van der Waals surface area contributed by atoms with Crippen molar-refractivity contribution in [3.05, 3.63) is 95.6 Å². The standard InChI is InChI=1S/C25H25F2N3O4S/c1-16(18-9-5-4-6-10-18)28-25(32)20-11-7-8-12-23(20)29-24(31)17(2)30(35(3,33)34)19-13-14-21(26)22(27)15-19/h4-17H,1-3H3,(H,28,32)(H,29,31)/t16-,17-/m1/s1. The van der Waals surface area contributed by atoms with E-state index in [2.05, 4.69) is 10.6 Å². The quantitative estimate of drug-likeness (QED) is 0.483. The predicted molar refractivity (Wildman–Crippen MR) is 131 cm³/mol. The lowest BCUT2D eigenvalue weighted by atomic mass is 10.1. The molecule has 2 N–H and O–H groups in total. The van der Waals surface area contributed by atoms with Crippen molar-refractivity contribution in [1.82, 2.24) is 5.32 Å². The molecule has 0 aromatic heterocycles. The zero-order valence-corrected chi connectivity index (χ0v) is 20.1. The normalized spacial score (nSPS) is 12.9. The molecule has 0 heterocycles. The fourth-order valence-electron chi connectivity index (χ4n) is 3.56. The number of hydrogen-bond donors (Lipinski definition) is 2. The van der Waals surface area contributed by atoms with Crippen LogP contribution in [0.4, 0.5) is 20.2 Å². The minimum Gasteiger partial charge on any atom is -0.345 e. The minimum absolute atomic E-state index is 0.167. The maximum absolute atomic E-state index is 13.8. The molecule has 0 saturated carbocycles. The molecule has 0 saturated heterocycles. The second-order valence-electron chi connectivity index (χ2n) is 7.97. The molecule has 2 atom stereocenters. The van der Waals surface area contributed by atoms with E-state index in [1.165, 1.54) is 19.1 Å². The van der Waals surface area contributed by atoms with E-state index in [1.54, 1.807) is 12.1 Å². The summed E-state index contributed by atoms with van der Waals surface area (Å²) in [6, 6.07) is 16.5. The highest BCUT2D eigenvalue weighted by Gasteiger charge is 2.30. The lowest BCUT2D eigenvalue weighted by molar-refractivity contribution is -0.116.